The molecule has 1 aliphatic carbocycles. The van der Waals surface area contributed by atoms with Crippen LogP contribution in [0.15, 0.2) is 53.9 Å². The van der Waals surface area contributed by atoms with Gasteiger partial charge in [-0.3, -0.25) is 4.79 Å². The van der Waals surface area contributed by atoms with Crippen molar-refractivity contribution in [2.24, 2.45) is 10.9 Å². The number of carbonyl (C=O) groups is 1. The van der Waals surface area contributed by atoms with Gasteiger partial charge in [-0.2, -0.15) is 20.2 Å². The van der Waals surface area contributed by atoms with Crippen LogP contribution < -0.4 is 27.1 Å². The molecule has 0 spiro atoms. The summed E-state index contributed by atoms with van der Waals surface area (Å²) in [7, 11) is 1.75. The maximum absolute atomic E-state index is 15.5. The number of aromatic nitrogens is 8. The van der Waals surface area contributed by atoms with Crippen LogP contribution in [0.25, 0.3) is 39.0 Å². The van der Waals surface area contributed by atoms with Crippen molar-refractivity contribution in [3.63, 3.8) is 0 Å². The fraction of sp³-hybridized carbons (Fsp3) is 0.415. The standard InChI is InChI=1S/C41H44F3N15O2.H3N.H2/c1-5-61-28-19-54(4)39(60)35-13-24(50-40-47-9-8-32(51-40)29-10-23(43)12-33-36(29)55(20-28)21(2)49-33)18-56(35)37-30-17-48-58(34-7-6-22(42)11-31(34)44)38(30)53-41(52-37)57-25-14-26(57)16-27(15-25)59(45)46-3;;/h6-12,17,24-28,35H,3,5,13-16,18-20,45H2,1-2,4H3,(H,47,50,51);1H3;1H/t24-,25?,26?,27?,28-,35-;;/m0../s1. The zero-order valence-corrected chi connectivity index (χ0v) is 34.5. The maximum atomic E-state index is 15.5. The molecule has 21 heteroatoms. The van der Waals surface area contributed by atoms with Gasteiger partial charge >= 0.3 is 0 Å². The van der Waals surface area contributed by atoms with Crippen LogP contribution in [-0.4, -0.2) is 125 Å². The summed E-state index contributed by atoms with van der Waals surface area (Å²) >= 11 is 0. The number of nitrogens with two attached hydrogens (primary N) is 1. The number of hydrogen-bond acceptors (Lipinski definition) is 15. The molecule has 8 heterocycles. The number of amides is 1. The first kappa shape index (κ1) is 40.9. The Kier molecular flexibility index (Phi) is 10.4. The van der Waals surface area contributed by atoms with E-state index in [9.17, 15) is 9.18 Å². The molecule has 1 saturated carbocycles. The lowest BCUT2D eigenvalue weighted by Gasteiger charge is -2.56. The predicted molar refractivity (Wildman–Crippen MR) is 229 cm³/mol. The molecule has 62 heavy (non-hydrogen) atoms. The van der Waals surface area contributed by atoms with Crippen molar-refractivity contribution in [1.82, 2.24) is 55.4 Å². The highest BCUT2D eigenvalue weighted by atomic mass is 19.1. The van der Waals surface area contributed by atoms with Gasteiger partial charge in [0.25, 0.3) is 0 Å². The molecule has 6 bridgehead atoms. The van der Waals surface area contributed by atoms with Crippen LogP contribution in [0.5, 0.6) is 0 Å². The second kappa shape index (κ2) is 15.8. The first-order chi connectivity index (χ1) is 29.5. The van der Waals surface area contributed by atoms with Crippen LogP contribution in [0, 0.1) is 24.4 Å². The second-order valence-corrected chi connectivity index (χ2v) is 16.2. The van der Waals surface area contributed by atoms with E-state index in [4.69, 9.17) is 30.5 Å². The van der Waals surface area contributed by atoms with Crippen LogP contribution in [0.1, 0.15) is 39.9 Å². The van der Waals surface area contributed by atoms with Gasteiger partial charge in [-0.1, -0.05) is 0 Å². The Morgan fingerprint density at radius 2 is 1.82 bits per heavy atom. The molecule has 4 aliphatic heterocycles. The number of anilines is 3. The molecule has 0 radical (unpaired) electrons. The van der Waals surface area contributed by atoms with E-state index in [1.165, 1.54) is 34.1 Å². The summed E-state index contributed by atoms with van der Waals surface area (Å²) in [6.07, 6.45) is 5.32. The Balaban J connectivity index is 0.00000272. The van der Waals surface area contributed by atoms with Gasteiger partial charge < -0.3 is 35.5 Å². The highest BCUT2D eigenvalue weighted by Crippen LogP contribution is 2.44. The number of rotatable bonds is 7. The van der Waals surface area contributed by atoms with E-state index < -0.39 is 29.6 Å². The van der Waals surface area contributed by atoms with Gasteiger partial charge in [0.2, 0.25) is 17.8 Å². The van der Waals surface area contributed by atoms with Crippen LogP contribution in [0.4, 0.5) is 30.9 Å². The van der Waals surface area contributed by atoms with Gasteiger partial charge in [-0.25, -0.2) is 43.8 Å². The Morgan fingerprint density at radius 3 is 2.58 bits per heavy atom. The van der Waals surface area contributed by atoms with Gasteiger partial charge in [-0.15, -0.1) is 0 Å². The first-order valence-corrected chi connectivity index (χ1v) is 20.4. The Morgan fingerprint density at radius 1 is 1.02 bits per heavy atom. The molecule has 5 atom stereocenters. The summed E-state index contributed by atoms with van der Waals surface area (Å²) in [6.45, 7) is 8.60. The van der Waals surface area contributed by atoms with Crippen molar-refractivity contribution < 1.29 is 24.1 Å². The van der Waals surface area contributed by atoms with Crippen molar-refractivity contribution in [3.8, 4) is 16.9 Å². The van der Waals surface area contributed by atoms with Crippen LogP contribution in [0.2, 0.25) is 0 Å². The molecular formula is C41H49F3N16O2. The zero-order valence-electron chi connectivity index (χ0n) is 34.5. The van der Waals surface area contributed by atoms with Crippen LogP contribution in [0.3, 0.4) is 0 Å². The number of fused-ring (bicyclic) bond motifs is 8. The van der Waals surface area contributed by atoms with E-state index in [1.54, 1.807) is 30.4 Å². The van der Waals surface area contributed by atoms with E-state index in [-0.39, 0.29) is 56.4 Å². The molecule has 5 aliphatic rings. The molecule has 4 fully saturated rings. The number of halogens is 3. The second-order valence-electron chi connectivity index (χ2n) is 16.2. The van der Waals surface area contributed by atoms with Crippen LogP contribution in [-0.2, 0) is 16.1 Å². The lowest BCUT2D eigenvalue weighted by atomic mass is 9.77. The van der Waals surface area contributed by atoms with Gasteiger partial charge in [-0.05, 0) is 63.8 Å². The van der Waals surface area contributed by atoms with Gasteiger partial charge in [0.05, 0.1) is 47.0 Å². The molecule has 3 saturated heterocycles. The number of piperidine rings is 1. The minimum atomic E-state index is -0.813. The SMILES string of the molecule is C=NN(N)C1CC2CC(C1)N2c1nc(N2C[C@@H]3C[C@H]2C(=O)N(C)C[C@H](OCC)Cn2c(C)nc4cc(F)cc(c42)-c2ccnc(n2)N3)c2cnn(-c3ccc(F)cc3F)c2n1.N.[HH]. The van der Waals surface area contributed by atoms with Crippen LogP contribution >= 0.6 is 0 Å². The van der Waals surface area contributed by atoms with E-state index in [0.717, 1.165) is 12.5 Å². The summed E-state index contributed by atoms with van der Waals surface area (Å²) in [5, 5.41) is 13.8. The number of likely N-dealkylation sites (N-methyl/N-ethyl adjacent to an activating group) is 1. The minimum Gasteiger partial charge on any atom is -0.375 e. The molecule has 4 aromatic heterocycles. The molecule has 6 N–H and O–H groups in total. The number of nitrogens with zero attached hydrogens (tertiary/aromatic N) is 13. The Labute approximate surface area is 355 Å². The normalized spacial score (nSPS) is 23.4. The highest BCUT2D eigenvalue weighted by molar-refractivity contribution is 5.94. The highest BCUT2D eigenvalue weighted by Gasteiger charge is 2.49. The summed E-state index contributed by atoms with van der Waals surface area (Å²) in [5.41, 5.74) is 2.53. The third kappa shape index (κ3) is 6.89. The number of ether oxygens (including phenoxy) is 1. The van der Waals surface area contributed by atoms with E-state index in [2.05, 4.69) is 32.1 Å². The van der Waals surface area contributed by atoms with Crippen molar-refractivity contribution in [2.45, 2.75) is 82.4 Å². The number of imidazole rings is 1. The van der Waals surface area contributed by atoms with E-state index in [1.807, 2.05) is 23.3 Å². The molecule has 326 valence electrons. The van der Waals surface area contributed by atoms with Gasteiger partial charge in [0, 0.05) is 76.9 Å². The number of carbonyl (C=O) groups excluding carboxylic acids is 1. The average molecular weight is 855 g/mol. The summed E-state index contributed by atoms with van der Waals surface area (Å²) < 4.78 is 54.4. The molecular weight excluding hydrogens is 806 g/mol. The van der Waals surface area contributed by atoms with E-state index in [0.29, 0.717) is 89.3 Å². The predicted octanol–water partition coefficient (Wildman–Crippen LogP) is 4.59. The third-order valence-electron chi connectivity index (χ3n) is 12.5. The van der Waals surface area contributed by atoms with Gasteiger partial charge in [0.1, 0.15) is 35.0 Å². The number of benzene rings is 2. The number of hydrogen-bond donors (Lipinski definition) is 3. The van der Waals surface area contributed by atoms with Crippen molar-refractivity contribution in [2.75, 3.05) is 41.9 Å². The zero-order chi connectivity index (χ0) is 42.3. The molecule has 11 rings (SSSR count). The molecule has 2 unspecified atom stereocenters. The average Bonchev–Trinajstić information content (AvgIpc) is 3.94. The monoisotopic (exact) mass is 854 g/mol. The molecule has 1 amide bonds. The third-order valence-corrected chi connectivity index (χ3v) is 12.5. The fourth-order valence-corrected chi connectivity index (χ4v) is 9.74. The van der Waals surface area contributed by atoms with E-state index >= 15 is 8.78 Å². The topological polar surface area (TPSA) is 212 Å². The summed E-state index contributed by atoms with van der Waals surface area (Å²) in [6, 6.07) is 6.83. The Bertz CT molecular complexity index is 2710. The van der Waals surface area contributed by atoms with Crippen molar-refractivity contribution >= 4 is 52.4 Å². The molecule has 6 aromatic rings. The van der Waals surface area contributed by atoms with Gasteiger partial charge in [0.15, 0.2) is 11.5 Å². The molecule has 2 aromatic carbocycles. The largest absolute Gasteiger partial charge is 0.375 e. The smallest absolute Gasteiger partial charge is 0.245 e. The number of hydrazone groups is 1. The first-order valence-electron chi connectivity index (χ1n) is 20.4. The molecule has 18 nitrogen and oxygen atoms in total. The summed E-state index contributed by atoms with van der Waals surface area (Å²) in [5.74, 6) is 5.75. The minimum absolute atomic E-state index is 0. The fourth-order valence-electron chi connectivity index (χ4n) is 9.74. The lowest BCUT2D eigenvalue weighted by Crippen LogP contribution is -2.65. The number of hydrazine groups is 1. The maximum Gasteiger partial charge on any atom is 0.245 e. The summed E-state index contributed by atoms with van der Waals surface area (Å²) in [4.78, 5) is 45.0. The quantitative estimate of drug-likeness (QED) is 0.114. The number of aryl methyl sites for hydroxylation is 1. The van der Waals surface area contributed by atoms with Crippen molar-refractivity contribution in [1.29, 1.82) is 0 Å². The lowest BCUT2D eigenvalue weighted by molar-refractivity contribution is -0.133. The Hall–Kier alpha value is -6.45. The number of nitrogens with one attached hydrogen (secondary N) is 1. The van der Waals surface area contributed by atoms with Crippen molar-refractivity contribution in [3.05, 3.63) is 72.1 Å².